The molecule has 0 N–H and O–H groups in total. The van der Waals surface area contributed by atoms with Crippen LogP contribution >= 0.6 is 7.92 Å². The average molecular weight is 192 g/mol. The molecule has 1 aromatic carbocycles. The minimum absolute atomic E-state index is 0.253. The van der Waals surface area contributed by atoms with Crippen LogP contribution in [0.2, 0.25) is 0 Å². The van der Waals surface area contributed by atoms with E-state index in [4.69, 9.17) is 0 Å². The third-order valence-electron chi connectivity index (χ3n) is 2.81. The Hall–Kier alpha value is -0.350. The summed E-state index contributed by atoms with van der Waals surface area (Å²) >= 11 is 0. The molecule has 0 aromatic heterocycles. The van der Waals surface area contributed by atoms with E-state index in [-0.39, 0.29) is 7.92 Å². The molecule has 0 nitrogen and oxygen atoms in total. The minimum atomic E-state index is 0.253. The van der Waals surface area contributed by atoms with Gasteiger partial charge in [0.25, 0.3) is 0 Å². The minimum Gasteiger partial charge on any atom is -0.0747 e. The van der Waals surface area contributed by atoms with E-state index in [9.17, 15) is 0 Å². The fraction of sp³-hybridized carbons (Fsp3) is 0.500. The average Bonchev–Trinajstić information content (AvgIpc) is 1.92. The second-order valence-corrected chi connectivity index (χ2v) is 6.51. The maximum absolute atomic E-state index is 2.34. The number of benzene rings is 1. The smallest absolute Gasteiger partial charge is 0.0182 e. The van der Waals surface area contributed by atoms with Crippen molar-refractivity contribution in [2.75, 3.05) is 12.3 Å². The summed E-state index contributed by atoms with van der Waals surface area (Å²) in [5.74, 6) is 0. The van der Waals surface area contributed by atoms with Crippen LogP contribution in [0.15, 0.2) is 12.1 Å². The van der Waals surface area contributed by atoms with Crippen LogP contribution < -0.4 is 5.30 Å². The molecule has 0 amide bonds. The molecule has 2 rings (SSSR count). The highest BCUT2D eigenvalue weighted by Gasteiger charge is 2.21. The Morgan fingerprint density at radius 3 is 1.92 bits per heavy atom. The van der Waals surface area contributed by atoms with Gasteiger partial charge in [-0.2, -0.15) is 0 Å². The number of hydrogen-bond donors (Lipinski definition) is 0. The fourth-order valence-corrected chi connectivity index (χ4v) is 4.42. The van der Waals surface area contributed by atoms with E-state index < -0.39 is 0 Å². The first kappa shape index (κ1) is 9.21. The zero-order chi connectivity index (χ0) is 9.42. The maximum atomic E-state index is 2.34. The molecule has 1 aliphatic rings. The SMILES string of the molecule is Cc1cc(C)c(P2CCC2)c(C)c1. The highest BCUT2D eigenvalue weighted by atomic mass is 31.1. The van der Waals surface area contributed by atoms with E-state index in [0.717, 1.165) is 0 Å². The molecule has 1 heterocycles. The van der Waals surface area contributed by atoms with Gasteiger partial charge in [-0.15, -0.1) is 0 Å². The van der Waals surface area contributed by atoms with E-state index in [1.54, 1.807) is 5.30 Å². The predicted molar refractivity (Wildman–Crippen MR) is 61.6 cm³/mol. The quantitative estimate of drug-likeness (QED) is 0.600. The first-order valence-corrected chi connectivity index (χ1v) is 6.72. The van der Waals surface area contributed by atoms with Crippen LogP contribution in [0.4, 0.5) is 0 Å². The van der Waals surface area contributed by atoms with E-state index in [0.29, 0.717) is 0 Å². The topological polar surface area (TPSA) is 0 Å². The Bertz CT molecular complexity index is 301. The highest BCUT2D eigenvalue weighted by molar-refractivity contribution is 7.67. The normalized spacial score (nSPS) is 17.2. The van der Waals surface area contributed by atoms with Crippen molar-refractivity contribution in [3.8, 4) is 0 Å². The van der Waals surface area contributed by atoms with Crippen LogP contribution in [0.5, 0.6) is 0 Å². The van der Waals surface area contributed by atoms with Gasteiger partial charge in [0.1, 0.15) is 0 Å². The summed E-state index contributed by atoms with van der Waals surface area (Å²) in [5.41, 5.74) is 4.47. The molecule has 13 heavy (non-hydrogen) atoms. The molecular formula is C12H17P. The largest absolute Gasteiger partial charge is 0.0747 e. The summed E-state index contributed by atoms with van der Waals surface area (Å²) in [5, 5.41) is 1.70. The summed E-state index contributed by atoms with van der Waals surface area (Å²) in [7, 11) is 0.253. The van der Waals surface area contributed by atoms with Gasteiger partial charge in [0, 0.05) is 0 Å². The van der Waals surface area contributed by atoms with E-state index >= 15 is 0 Å². The first-order chi connectivity index (χ1) is 6.18. The van der Waals surface area contributed by atoms with Crippen LogP contribution in [-0.2, 0) is 0 Å². The Labute approximate surface area is 82.1 Å². The van der Waals surface area contributed by atoms with Crippen molar-refractivity contribution >= 4 is 13.2 Å². The number of hydrogen-bond acceptors (Lipinski definition) is 0. The standard InChI is InChI=1S/C12H17P/c1-9-7-10(2)12(11(3)8-9)13-5-4-6-13/h7-8H,4-6H2,1-3H3. The Balaban J connectivity index is 2.43. The van der Waals surface area contributed by atoms with Crippen molar-refractivity contribution in [1.82, 2.24) is 0 Å². The van der Waals surface area contributed by atoms with Gasteiger partial charge in [-0.25, -0.2) is 0 Å². The van der Waals surface area contributed by atoms with E-state index in [1.807, 2.05) is 0 Å². The first-order valence-electron chi connectivity index (χ1n) is 5.01. The summed E-state index contributed by atoms with van der Waals surface area (Å²) in [6.45, 7) is 6.74. The lowest BCUT2D eigenvalue weighted by atomic mass is 10.1. The summed E-state index contributed by atoms with van der Waals surface area (Å²) in [6, 6.07) is 4.67. The van der Waals surface area contributed by atoms with Gasteiger partial charge in [-0.3, -0.25) is 0 Å². The zero-order valence-corrected chi connectivity index (χ0v) is 9.62. The number of rotatable bonds is 1. The van der Waals surface area contributed by atoms with Crippen LogP contribution in [-0.4, -0.2) is 12.3 Å². The van der Waals surface area contributed by atoms with Crippen molar-refractivity contribution in [3.63, 3.8) is 0 Å². The Morgan fingerprint density at radius 2 is 1.54 bits per heavy atom. The molecule has 0 atom stereocenters. The van der Waals surface area contributed by atoms with E-state index in [2.05, 4.69) is 32.9 Å². The number of aryl methyl sites for hydroxylation is 3. The molecule has 0 unspecified atom stereocenters. The van der Waals surface area contributed by atoms with Crippen LogP contribution in [0.3, 0.4) is 0 Å². The monoisotopic (exact) mass is 192 g/mol. The van der Waals surface area contributed by atoms with Crippen LogP contribution in [0.25, 0.3) is 0 Å². The lowest BCUT2D eigenvalue weighted by Gasteiger charge is -2.29. The summed E-state index contributed by atoms with van der Waals surface area (Å²) in [4.78, 5) is 0. The molecule has 0 spiro atoms. The predicted octanol–water partition coefficient (Wildman–Crippen LogP) is 3.12. The van der Waals surface area contributed by atoms with Gasteiger partial charge >= 0.3 is 0 Å². The molecule has 1 aromatic rings. The van der Waals surface area contributed by atoms with Crippen molar-refractivity contribution in [2.24, 2.45) is 0 Å². The van der Waals surface area contributed by atoms with Gasteiger partial charge in [-0.1, -0.05) is 25.6 Å². The third kappa shape index (κ3) is 1.65. The Morgan fingerprint density at radius 1 is 1.00 bits per heavy atom. The molecule has 1 heteroatoms. The molecule has 0 saturated carbocycles. The molecule has 70 valence electrons. The maximum Gasteiger partial charge on any atom is -0.0182 e. The second kappa shape index (κ2) is 3.42. The molecular weight excluding hydrogens is 175 g/mol. The summed E-state index contributed by atoms with van der Waals surface area (Å²) < 4.78 is 0. The van der Waals surface area contributed by atoms with Crippen LogP contribution in [0.1, 0.15) is 23.1 Å². The van der Waals surface area contributed by atoms with Gasteiger partial charge in [0.2, 0.25) is 0 Å². The van der Waals surface area contributed by atoms with Crippen molar-refractivity contribution in [2.45, 2.75) is 27.2 Å². The second-order valence-electron chi connectivity index (χ2n) is 4.09. The molecule has 0 radical (unpaired) electrons. The summed E-state index contributed by atoms with van der Waals surface area (Å²) in [6.07, 6.45) is 4.40. The van der Waals surface area contributed by atoms with Crippen molar-refractivity contribution < 1.29 is 0 Å². The lowest BCUT2D eigenvalue weighted by molar-refractivity contribution is 1.03. The van der Waals surface area contributed by atoms with Gasteiger partial charge in [0.05, 0.1) is 0 Å². The van der Waals surface area contributed by atoms with Crippen molar-refractivity contribution in [3.05, 3.63) is 28.8 Å². The van der Waals surface area contributed by atoms with Gasteiger partial charge in [-0.05, 0) is 55.9 Å². The van der Waals surface area contributed by atoms with Crippen molar-refractivity contribution in [1.29, 1.82) is 0 Å². The van der Waals surface area contributed by atoms with Crippen LogP contribution in [0, 0.1) is 20.8 Å². The zero-order valence-electron chi connectivity index (χ0n) is 8.72. The van der Waals surface area contributed by atoms with Gasteiger partial charge in [0.15, 0.2) is 0 Å². The molecule has 1 aliphatic heterocycles. The highest BCUT2D eigenvalue weighted by Crippen LogP contribution is 2.46. The molecule has 0 aliphatic carbocycles. The lowest BCUT2D eigenvalue weighted by Crippen LogP contribution is -2.20. The Kier molecular flexibility index (Phi) is 2.43. The van der Waals surface area contributed by atoms with E-state index in [1.165, 1.54) is 35.4 Å². The van der Waals surface area contributed by atoms with Gasteiger partial charge < -0.3 is 0 Å². The molecule has 1 saturated heterocycles. The molecule has 0 bridgehead atoms. The fourth-order valence-electron chi connectivity index (χ4n) is 2.21. The molecule has 1 fully saturated rings. The third-order valence-corrected chi connectivity index (χ3v) is 5.86.